The van der Waals surface area contributed by atoms with Crippen molar-refractivity contribution in [2.45, 2.75) is 17.5 Å². The number of hydrogen-bond acceptors (Lipinski definition) is 5. The van der Waals surface area contributed by atoms with Crippen LogP contribution in [0.4, 0.5) is 5.69 Å². The zero-order valence-corrected chi connectivity index (χ0v) is 18.5. The van der Waals surface area contributed by atoms with Crippen LogP contribution in [0, 0.1) is 0 Å². The van der Waals surface area contributed by atoms with Gasteiger partial charge in [-0.25, -0.2) is 0 Å². The minimum Gasteiger partial charge on any atom is -0.378 e. The first-order chi connectivity index (χ1) is 14.2. The van der Waals surface area contributed by atoms with Gasteiger partial charge in [0.05, 0.1) is 17.8 Å². The molecule has 2 aliphatic heterocycles. The first kappa shape index (κ1) is 20.6. The normalized spacial score (nSPS) is 17.9. The predicted octanol–water partition coefficient (Wildman–Crippen LogP) is 4.66. The van der Waals surface area contributed by atoms with Gasteiger partial charge < -0.3 is 14.5 Å². The van der Waals surface area contributed by atoms with E-state index in [-0.39, 0.29) is 5.91 Å². The highest BCUT2D eigenvalue weighted by Crippen LogP contribution is 2.43. The van der Waals surface area contributed by atoms with Crippen molar-refractivity contribution < 1.29 is 9.53 Å². The van der Waals surface area contributed by atoms with Gasteiger partial charge in [0.25, 0.3) is 5.91 Å². The Bertz CT molecular complexity index is 816. The van der Waals surface area contributed by atoms with Crippen molar-refractivity contribution in [3.63, 3.8) is 0 Å². The minimum atomic E-state index is 0.0669. The maximum absolute atomic E-state index is 13.0. The quantitative estimate of drug-likeness (QED) is 0.691. The molecule has 0 spiro atoms. The Morgan fingerprint density at radius 3 is 2.48 bits per heavy atom. The van der Waals surface area contributed by atoms with Crippen LogP contribution in [-0.2, 0) is 11.3 Å². The van der Waals surface area contributed by atoms with Gasteiger partial charge in [-0.3, -0.25) is 4.79 Å². The summed E-state index contributed by atoms with van der Waals surface area (Å²) in [6, 6.07) is 16.6. The van der Waals surface area contributed by atoms with Crippen LogP contribution in [0.5, 0.6) is 0 Å². The summed E-state index contributed by atoms with van der Waals surface area (Å²) in [5.74, 6) is 2.52. The van der Waals surface area contributed by atoms with E-state index in [0.717, 1.165) is 31.9 Å². The van der Waals surface area contributed by atoms with Gasteiger partial charge in [0.2, 0.25) is 0 Å². The molecule has 2 fully saturated rings. The van der Waals surface area contributed by atoms with Gasteiger partial charge in [-0.1, -0.05) is 30.3 Å². The second-order valence-electron chi connectivity index (χ2n) is 7.44. The van der Waals surface area contributed by atoms with E-state index in [2.05, 4.69) is 35.2 Å². The number of anilines is 1. The number of rotatable bonds is 5. The van der Waals surface area contributed by atoms with Crippen LogP contribution in [0.25, 0.3) is 0 Å². The molecule has 29 heavy (non-hydrogen) atoms. The van der Waals surface area contributed by atoms with E-state index in [4.69, 9.17) is 4.74 Å². The van der Waals surface area contributed by atoms with Crippen molar-refractivity contribution >= 4 is 35.1 Å². The Balaban J connectivity index is 1.43. The lowest BCUT2D eigenvalue weighted by Gasteiger charge is -2.31. The van der Waals surface area contributed by atoms with Crippen LogP contribution in [0.2, 0.25) is 0 Å². The van der Waals surface area contributed by atoms with Gasteiger partial charge in [0.15, 0.2) is 0 Å². The molecule has 2 aliphatic rings. The number of nitrogens with zero attached hydrogens (tertiary/aromatic N) is 2. The van der Waals surface area contributed by atoms with Crippen molar-refractivity contribution in [3.8, 4) is 0 Å². The summed E-state index contributed by atoms with van der Waals surface area (Å²) >= 11 is 4.02. The lowest BCUT2D eigenvalue weighted by atomic mass is 10.1. The van der Waals surface area contributed by atoms with E-state index >= 15 is 0 Å². The van der Waals surface area contributed by atoms with Crippen LogP contribution in [-0.4, -0.2) is 55.7 Å². The molecule has 0 saturated carbocycles. The average molecular weight is 429 g/mol. The van der Waals surface area contributed by atoms with Crippen molar-refractivity contribution in [2.75, 3.05) is 49.8 Å². The highest BCUT2D eigenvalue weighted by atomic mass is 32.2. The van der Waals surface area contributed by atoms with E-state index < -0.39 is 0 Å². The molecule has 0 aromatic heterocycles. The van der Waals surface area contributed by atoms with E-state index in [1.807, 2.05) is 53.7 Å². The number of hydrogen-bond donors (Lipinski definition) is 0. The summed E-state index contributed by atoms with van der Waals surface area (Å²) in [7, 11) is 1.89. The average Bonchev–Trinajstić information content (AvgIpc) is 2.80. The molecule has 2 aromatic rings. The van der Waals surface area contributed by atoms with Gasteiger partial charge in [-0.15, -0.1) is 23.5 Å². The molecule has 0 atom stereocenters. The lowest BCUT2D eigenvalue weighted by Crippen LogP contribution is -2.37. The second-order valence-corrected chi connectivity index (χ2v) is 10.2. The molecule has 154 valence electrons. The Hall–Kier alpha value is -1.63. The third-order valence-electron chi connectivity index (χ3n) is 5.35. The standard InChI is InChI=1S/C23H28N2O2S2/c1-24(17-20-5-2-3-6-21(20)25-11-13-27-14-12-25)22(26)18-7-9-19(10-8-18)23-28-15-4-16-29-23/h2-3,5-10,23H,4,11-17H2,1H3. The van der Waals surface area contributed by atoms with E-state index in [1.54, 1.807) is 0 Å². The largest absolute Gasteiger partial charge is 0.378 e. The molecule has 4 rings (SSSR count). The third kappa shape index (κ3) is 5.11. The van der Waals surface area contributed by atoms with Gasteiger partial charge in [-0.2, -0.15) is 0 Å². The third-order valence-corrected chi connectivity index (χ3v) is 8.37. The summed E-state index contributed by atoms with van der Waals surface area (Å²) in [5, 5.41) is 0. The topological polar surface area (TPSA) is 32.8 Å². The van der Waals surface area contributed by atoms with Crippen LogP contribution in [0.15, 0.2) is 48.5 Å². The molecule has 0 radical (unpaired) electrons. The monoisotopic (exact) mass is 428 g/mol. The molecule has 2 saturated heterocycles. The summed E-state index contributed by atoms with van der Waals surface area (Å²) in [6.07, 6.45) is 1.29. The van der Waals surface area contributed by atoms with Crippen molar-refractivity contribution in [1.82, 2.24) is 4.90 Å². The molecule has 0 bridgehead atoms. The highest BCUT2D eigenvalue weighted by molar-refractivity contribution is 8.16. The fourth-order valence-corrected chi connectivity index (χ4v) is 6.66. The number of para-hydroxylation sites is 1. The number of carbonyl (C=O) groups excluding carboxylic acids is 1. The Morgan fingerprint density at radius 1 is 1.07 bits per heavy atom. The van der Waals surface area contributed by atoms with Crippen LogP contribution < -0.4 is 4.90 Å². The summed E-state index contributed by atoms with van der Waals surface area (Å²) < 4.78 is 5.99. The molecule has 1 amide bonds. The number of carbonyl (C=O) groups is 1. The molecule has 2 aromatic carbocycles. The van der Waals surface area contributed by atoms with Gasteiger partial charge in [0.1, 0.15) is 0 Å². The molecule has 6 heteroatoms. The number of amides is 1. The Labute approximate surface area is 182 Å². The molecule has 4 nitrogen and oxygen atoms in total. The van der Waals surface area contributed by atoms with Crippen LogP contribution in [0.3, 0.4) is 0 Å². The van der Waals surface area contributed by atoms with Crippen LogP contribution in [0.1, 0.15) is 32.5 Å². The van der Waals surface area contributed by atoms with Crippen molar-refractivity contribution in [1.29, 1.82) is 0 Å². The summed E-state index contributed by atoms with van der Waals surface area (Å²) in [4.78, 5) is 17.2. The van der Waals surface area contributed by atoms with E-state index in [9.17, 15) is 4.79 Å². The zero-order valence-electron chi connectivity index (χ0n) is 16.9. The zero-order chi connectivity index (χ0) is 20.1. The Kier molecular flexibility index (Phi) is 7.06. The molecule has 0 N–H and O–H groups in total. The van der Waals surface area contributed by atoms with Gasteiger partial charge >= 0.3 is 0 Å². The SMILES string of the molecule is CN(Cc1ccccc1N1CCOCC1)C(=O)c1ccc(C2SCCCS2)cc1. The van der Waals surface area contributed by atoms with Gasteiger partial charge in [0, 0.05) is 37.9 Å². The summed E-state index contributed by atoms with van der Waals surface area (Å²) in [6.45, 7) is 3.91. The first-order valence-corrected chi connectivity index (χ1v) is 12.3. The number of morpholine rings is 1. The number of ether oxygens (including phenoxy) is 1. The maximum atomic E-state index is 13.0. The lowest BCUT2D eigenvalue weighted by molar-refractivity contribution is 0.0785. The van der Waals surface area contributed by atoms with E-state index in [1.165, 1.54) is 34.7 Å². The molecule has 0 unspecified atom stereocenters. The smallest absolute Gasteiger partial charge is 0.253 e. The van der Waals surface area contributed by atoms with Crippen molar-refractivity contribution in [2.24, 2.45) is 0 Å². The second kappa shape index (κ2) is 9.92. The fourth-order valence-electron chi connectivity index (χ4n) is 3.77. The predicted molar refractivity (Wildman–Crippen MR) is 124 cm³/mol. The summed E-state index contributed by atoms with van der Waals surface area (Å²) in [5.41, 5.74) is 4.46. The molecule has 0 aliphatic carbocycles. The highest BCUT2D eigenvalue weighted by Gasteiger charge is 2.20. The van der Waals surface area contributed by atoms with Crippen LogP contribution >= 0.6 is 23.5 Å². The number of benzene rings is 2. The Morgan fingerprint density at radius 2 is 1.76 bits per heavy atom. The molecule has 2 heterocycles. The molecular formula is C23H28N2O2S2. The van der Waals surface area contributed by atoms with E-state index in [0.29, 0.717) is 11.1 Å². The molecular weight excluding hydrogens is 400 g/mol. The maximum Gasteiger partial charge on any atom is 0.253 e. The fraction of sp³-hybridized carbons (Fsp3) is 0.435. The number of thioether (sulfide) groups is 2. The van der Waals surface area contributed by atoms with Crippen molar-refractivity contribution in [3.05, 3.63) is 65.2 Å². The first-order valence-electron chi connectivity index (χ1n) is 10.2. The minimum absolute atomic E-state index is 0.0669. The van der Waals surface area contributed by atoms with Gasteiger partial charge in [-0.05, 0) is 47.3 Å².